The van der Waals surface area contributed by atoms with E-state index in [1.54, 1.807) is 6.92 Å². The fraction of sp³-hybridized carbons (Fsp3) is 0.562. The molecule has 0 bridgehead atoms. The lowest BCUT2D eigenvalue weighted by atomic mass is 10.2. The molecule has 0 radical (unpaired) electrons. The molecule has 124 valence electrons. The molecule has 23 heavy (non-hydrogen) atoms. The van der Waals surface area contributed by atoms with Crippen molar-refractivity contribution in [3.05, 3.63) is 50.1 Å². The Morgan fingerprint density at radius 2 is 2.00 bits per heavy atom. The van der Waals surface area contributed by atoms with Crippen molar-refractivity contribution in [1.29, 1.82) is 0 Å². The van der Waals surface area contributed by atoms with Crippen molar-refractivity contribution in [2.45, 2.75) is 39.8 Å². The summed E-state index contributed by atoms with van der Waals surface area (Å²) in [6.45, 7) is 8.77. The summed E-state index contributed by atoms with van der Waals surface area (Å²) in [4.78, 5) is 28.7. The van der Waals surface area contributed by atoms with Gasteiger partial charge in [-0.15, -0.1) is 0 Å². The largest absolute Gasteiger partial charge is 0.328 e. The Morgan fingerprint density at radius 3 is 2.65 bits per heavy atom. The van der Waals surface area contributed by atoms with Crippen LogP contribution in [0.1, 0.15) is 29.5 Å². The third kappa shape index (κ3) is 3.29. The van der Waals surface area contributed by atoms with Gasteiger partial charge in [-0.1, -0.05) is 0 Å². The zero-order valence-corrected chi connectivity index (χ0v) is 13.9. The van der Waals surface area contributed by atoms with E-state index in [0.717, 1.165) is 25.2 Å². The number of H-pyrrole nitrogens is 1. The van der Waals surface area contributed by atoms with Gasteiger partial charge < -0.3 is 4.98 Å². The second kappa shape index (κ2) is 6.16. The Labute approximate surface area is 134 Å². The molecule has 1 saturated heterocycles. The highest BCUT2D eigenvalue weighted by atomic mass is 16.2. The normalized spacial score (nSPS) is 18.7. The van der Waals surface area contributed by atoms with Crippen LogP contribution in [0.5, 0.6) is 0 Å². The van der Waals surface area contributed by atoms with Crippen LogP contribution < -0.4 is 11.2 Å². The van der Waals surface area contributed by atoms with Crippen molar-refractivity contribution >= 4 is 0 Å². The highest BCUT2D eigenvalue weighted by Gasteiger charge is 2.25. The van der Waals surface area contributed by atoms with Gasteiger partial charge >= 0.3 is 5.69 Å². The molecule has 2 aromatic heterocycles. The molecule has 0 unspecified atom stereocenters. The van der Waals surface area contributed by atoms with E-state index in [1.165, 1.54) is 16.3 Å². The van der Waals surface area contributed by atoms with E-state index in [9.17, 15) is 9.59 Å². The third-order valence-corrected chi connectivity index (χ3v) is 4.43. The smallest absolute Gasteiger partial charge is 0.311 e. The fourth-order valence-corrected chi connectivity index (χ4v) is 3.32. The maximum atomic E-state index is 11.9. The van der Waals surface area contributed by atoms with E-state index in [-0.39, 0.29) is 11.2 Å². The van der Waals surface area contributed by atoms with E-state index < -0.39 is 0 Å². The summed E-state index contributed by atoms with van der Waals surface area (Å²) in [6.07, 6.45) is 1.04. The number of aromatic amines is 1. The molecule has 7 nitrogen and oxygen atoms in total. The van der Waals surface area contributed by atoms with Gasteiger partial charge in [0.15, 0.2) is 0 Å². The zero-order chi connectivity index (χ0) is 16.6. The topological polar surface area (TPSA) is 75.9 Å². The molecular formula is C16H23N5O2. The van der Waals surface area contributed by atoms with Crippen LogP contribution in [0.25, 0.3) is 0 Å². The lowest BCUT2D eigenvalue weighted by Crippen LogP contribution is -2.38. The van der Waals surface area contributed by atoms with Crippen molar-refractivity contribution < 1.29 is 0 Å². The summed E-state index contributed by atoms with van der Waals surface area (Å²) in [6, 6.07) is 3.93. The second-order valence-corrected chi connectivity index (χ2v) is 6.36. The number of nitrogens with zero attached hydrogens (tertiary/aromatic N) is 4. The first-order chi connectivity index (χ1) is 10.9. The van der Waals surface area contributed by atoms with Crippen molar-refractivity contribution in [2.75, 3.05) is 19.6 Å². The predicted molar refractivity (Wildman–Crippen MR) is 87.9 cm³/mol. The van der Waals surface area contributed by atoms with Gasteiger partial charge in [0.1, 0.15) is 0 Å². The molecule has 0 aromatic carbocycles. The standard InChI is InChI=1S/C16H23N5O2/c1-11-9-15(22)20(16(23)17-11)7-6-19-5-4-14(10-19)21-13(3)8-12(2)18-21/h8-9,14H,4-7,10H2,1-3H3,(H,17,23)/t14-/m1/s1. The molecule has 0 saturated carbocycles. The van der Waals surface area contributed by atoms with Gasteiger partial charge in [-0.05, 0) is 33.3 Å². The summed E-state index contributed by atoms with van der Waals surface area (Å²) in [5, 5.41) is 4.56. The zero-order valence-electron chi connectivity index (χ0n) is 13.9. The van der Waals surface area contributed by atoms with Crippen LogP contribution in [0.15, 0.2) is 21.7 Å². The fourth-order valence-electron chi connectivity index (χ4n) is 3.32. The SMILES string of the molecule is Cc1cc(C)n([C@@H]2CCN(CCn3c(=O)cc(C)[nH]c3=O)C2)n1. The molecule has 0 spiro atoms. The summed E-state index contributed by atoms with van der Waals surface area (Å²) < 4.78 is 3.36. The minimum absolute atomic E-state index is 0.236. The molecule has 3 rings (SSSR count). The van der Waals surface area contributed by atoms with Crippen molar-refractivity contribution in [2.24, 2.45) is 0 Å². The van der Waals surface area contributed by atoms with Crippen LogP contribution in [0, 0.1) is 20.8 Å². The molecular weight excluding hydrogens is 294 g/mol. The van der Waals surface area contributed by atoms with E-state index in [4.69, 9.17) is 0 Å². The van der Waals surface area contributed by atoms with Gasteiger partial charge in [-0.2, -0.15) is 5.10 Å². The van der Waals surface area contributed by atoms with Crippen LogP contribution in [0.3, 0.4) is 0 Å². The Hall–Kier alpha value is -2.15. The minimum Gasteiger partial charge on any atom is -0.311 e. The van der Waals surface area contributed by atoms with Gasteiger partial charge in [0.05, 0.1) is 11.7 Å². The van der Waals surface area contributed by atoms with Crippen LogP contribution >= 0.6 is 0 Å². The molecule has 1 aliphatic heterocycles. The number of aromatic nitrogens is 4. The molecule has 1 N–H and O–H groups in total. The van der Waals surface area contributed by atoms with Crippen molar-refractivity contribution in [3.63, 3.8) is 0 Å². The number of hydrogen-bond acceptors (Lipinski definition) is 4. The first-order valence-corrected chi connectivity index (χ1v) is 8.00. The summed E-state index contributed by atoms with van der Waals surface area (Å²) >= 11 is 0. The highest BCUT2D eigenvalue weighted by Crippen LogP contribution is 2.22. The van der Waals surface area contributed by atoms with E-state index in [1.807, 2.05) is 6.92 Å². The minimum atomic E-state index is -0.329. The molecule has 2 aromatic rings. The molecule has 0 amide bonds. The lowest BCUT2D eigenvalue weighted by molar-refractivity contribution is 0.300. The van der Waals surface area contributed by atoms with Crippen molar-refractivity contribution in [1.82, 2.24) is 24.2 Å². The van der Waals surface area contributed by atoms with Gasteiger partial charge in [0.25, 0.3) is 5.56 Å². The van der Waals surface area contributed by atoms with Crippen molar-refractivity contribution in [3.8, 4) is 0 Å². The second-order valence-electron chi connectivity index (χ2n) is 6.36. The highest BCUT2D eigenvalue weighted by molar-refractivity contribution is 5.08. The molecule has 1 atom stereocenters. The Morgan fingerprint density at radius 1 is 1.22 bits per heavy atom. The molecule has 1 aliphatic rings. The third-order valence-electron chi connectivity index (χ3n) is 4.43. The van der Waals surface area contributed by atoms with Crippen LogP contribution in [0.4, 0.5) is 0 Å². The van der Waals surface area contributed by atoms with Crippen LogP contribution in [-0.2, 0) is 6.54 Å². The molecule has 0 aliphatic carbocycles. The monoisotopic (exact) mass is 317 g/mol. The number of aryl methyl sites for hydroxylation is 3. The van der Waals surface area contributed by atoms with Crippen LogP contribution in [0.2, 0.25) is 0 Å². The number of likely N-dealkylation sites (tertiary alicyclic amines) is 1. The van der Waals surface area contributed by atoms with Gasteiger partial charge in [0.2, 0.25) is 0 Å². The van der Waals surface area contributed by atoms with E-state index >= 15 is 0 Å². The average molecular weight is 317 g/mol. The maximum absolute atomic E-state index is 11.9. The number of nitrogens with one attached hydrogen (secondary N) is 1. The summed E-state index contributed by atoms with van der Waals surface area (Å²) in [5.41, 5.74) is 2.26. The van der Waals surface area contributed by atoms with E-state index in [2.05, 4.69) is 32.7 Å². The lowest BCUT2D eigenvalue weighted by Gasteiger charge is -2.17. The Kier molecular flexibility index (Phi) is 4.21. The first kappa shape index (κ1) is 15.7. The van der Waals surface area contributed by atoms with Crippen LogP contribution in [-0.4, -0.2) is 43.9 Å². The Balaban J connectivity index is 1.64. The maximum Gasteiger partial charge on any atom is 0.328 e. The number of rotatable bonds is 4. The average Bonchev–Trinajstić information content (AvgIpc) is 3.04. The van der Waals surface area contributed by atoms with Gasteiger partial charge in [-0.25, -0.2) is 4.79 Å². The van der Waals surface area contributed by atoms with E-state index in [0.29, 0.717) is 24.8 Å². The quantitative estimate of drug-likeness (QED) is 0.896. The summed E-state index contributed by atoms with van der Waals surface area (Å²) in [5.74, 6) is 0. The number of hydrogen-bond donors (Lipinski definition) is 1. The molecule has 1 fully saturated rings. The first-order valence-electron chi connectivity index (χ1n) is 8.00. The molecule has 3 heterocycles. The summed E-state index contributed by atoms with van der Waals surface area (Å²) in [7, 11) is 0. The predicted octanol–water partition coefficient (Wildman–Crippen LogP) is 0.605. The molecule has 7 heteroatoms. The van der Waals surface area contributed by atoms with Gasteiger partial charge in [0, 0.05) is 43.6 Å². The van der Waals surface area contributed by atoms with Gasteiger partial charge in [-0.3, -0.25) is 18.9 Å². The Bertz CT molecular complexity index is 785.